The molecular weight excluding hydrogens is 284 g/mol. The third-order valence-corrected chi connectivity index (χ3v) is 3.18. The maximum atomic E-state index is 12.5. The van der Waals surface area contributed by atoms with Crippen LogP contribution in [0.1, 0.15) is 33.6 Å². The van der Waals surface area contributed by atoms with Crippen LogP contribution in [0, 0.1) is 0 Å². The Bertz CT molecular complexity index is 551. The molecule has 0 aliphatic carbocycles. The SMILES string of the molecule is CC(C)(C)OC(=O)NC1CCCN(c2ccc(N)cn2)C1=O. The average molecular weight is 306 g/mol. The first-order valence-corrected chi connectivity index (χ1v) is 7.29. The molecule has 0 spiro atoms. The number of aromatic nitrogens is 1. The molecule has 2 rings (SSSR count). The molecule has 1 aromatic rings. The number of hydrogen-bond donors (Lipinski definition) is 2. The molecule has 1 aromatic heterocycles. The molecule has 22 heavy (non-hydrogen) atoms. The highest BCUT2D eigenvalue weighted by Gasteiger charge is 2.32. The van der Waals surface area contributed by atoms with Crippen molar-refractivity contribution in [2.45, 2.75) is 45.3 Å². The van der Waals surface area contributed by atoms with Gasteiger partial charge in [0.25, 0.3) is 5.91 Å². The summed E-state index contributed by atoms with van der Waals surface area (Å²) in [6.07, 6.45) is 2.29. The third kappa shape index (κ3) is 4.09. The number of carbonyl (C=O) groups is 2. The van der Waals surface area contributed by atoms with Gasteiger partial charge < -0.3 is 15.8 Å². The van der Waals surface area contributed by atoms with Gasteiger partial charge in [0.1, 0.15) is 17.5 Å². The molecule has 2 amide bonds. The molecule has 120 valence electrons. The van der Waals surface area contributed by atoms with Crippen molar-refractivity contribution in [3.8, 4) is 0 Å². The third-order valence-electron chi connectivity index (χ3n) is 3.18. The normalized spacial score (nSPS) is 19.0. The first-order valence-electron chi connectivity index (χ1n) is 7.29. The maximum absolute atomic E-state index is 12.5. The lowest BCUT2D eigenvalue weighted by Gasteiger charge is -2.32. The van der Waals surface area contributed by atoms with Gasteiger partial charge in [-0.1, -0.05) is 0 Å². The van der Waals surface area contributed by atoms with Crippen molar-refractivity contribution < 1.29 is 14.3 Å². The Hall–Kier alpha value is -2.31. The van der Waals surface area contributed by atoms with Crippen molar-refractivity contribution in [1.29, 1.82) is 0 Å². The first kappa shape index (κ1) is 16.1. The van der Waals surface area contributed by atoms with Gasteiger partial charge in [0.05, 0.1) is 11.9 Å². The van der Waals surface area contributed by atoms with Crippen LogP contribution in [-0.2, 0) is 9.53 Å². The van der Waals surface area contributed by atoms with E-state index in [4.69, 9.17) is 10.5 Å². The second kappa shape index (κ2) is 6.21. The summed E-state index contributed by atoms with van der Waals surface area (Å²) in [5.74, 6) is 0.351. The van der Waals surface area contributed by atoms with Gasteiger partial charge in [-0.3, -0.25) is 9.69 Å². The minimum absolute atomic E-state index is 0.186. The number of pyridine rings is 1. The van der Waals surface area contributed by atoms with E-state index in [1.54, 1.807) is 37.8 Å². The smallest absolute Gasteiger partial charge is 0.408 e. The van der Waals surface area contributed by atoms with E-state index >= 15 is 0 Å². The van der Waals surface area contributed by atoms with Crippen LogP contribution in [0.2, 0.25) is 0 Å². The van der Waals surface area contributed by atoms with Crippen molar-refractivity contribution >= 4 is 23.5 Å². The Kier molecular flexibility index (Phi) is 4.54. The zero-order valence-electron chi connectivity index (χ0n) is 13.1. The molecular formula is C15H22N4O3. The monoisotopic (exact) mass is 306 g/mol. The lowest BCUT2D eigenvalue weighted by atomic mass is 10.0. The summed E-state index contributed by atoms with van der Waals surface area (Å²) >= 11 is 0. The fourth-order valence-corrected chi connectivity index (χ4v) is 2.24. The van der Waals surface area contributed by atoms with E-state index in [0.29, 0.717) is 24.5 Å². The van der Waals surface area contributed by atoms with Crippen LogP contribution in [0.15, 0.2) is 18.3 Å². The topological polar surface area (TPSA) is 97.6 Å². The Balaban J connectivity index is 2.04. The lowest BCUT2D eigenvalue weighted by Crippen LogP contribution is -2.53. The molecule has 3 N–H and O–H groups in total. The Labute approximate surface area is 129 Å². The van der Waals surface area contributed by atoms with Gasteiger partial charge in [-0.25, -0.2) is 9.78 Å². The van der Waals surface area contributed by atoms with Gasteiger partial charge in [0.15, 0.2) is 0 Å². The van der Waals surface area contributed by atoms with Gasteiger partial charge in [-0.15, -0.1) is 0 Å². The van der Waals surface area contributed by atoms with Gasteiger partial charge >= 0.3 is 6.09 Å². The van der Waals surface area contributed by atoms with Crippen LogP contribution in [0.5, 0.6) is 0 Å². The zero-order chi connectivity index (χ0) is 16.3. The molecule has 7 nitrogen and oxygen atoms in total. The number of anilines is 2. The predicted octanol–water partition coefficient (Wildman–Crippen LogP) is 1.68. The van der Waals surface area contributed by atoms with E-state index in [2.05, 4.69) is 10.3 Å². The van der Waals surface area contributed by atoms with E-state index in [-0.39, 0.29) is 5.91 Å². The standard InChI is InChI=1S/C15H22N4O3/c1-15(2,3)22-14(21)18-11-5-4-8-19(13(11)20)12-7-6-10(16)9-17-12/h6-7,9,11H,4-5,8,16H2,1-3H3,(H,18,21). The highest BCUT2D eigenvalue weighted by Crippen LogP contribution is 2.20. The molecule has 0 saturated carbocycles. The van der Waals surface area contributed by atoms with Gasteiger partial charge in [-0.2, -0.15) is 0 Å². The van der Waals surface area contributed by atoms with Crippen molar-refractivity contribution in [2.24, 2.45) is 0 Å². The summed E-state index contributed by atoms with van der Waals surface area (Å²) in [4.78, 5) is 30.0. The molecule has 1 saturated heterocycles. The minimum atomic E-state index is -0.597. The molecule has 1 atom stereocenters. The maximum Gasteiger partial charge on any atom is 0.408 e. The Morgan fingerprint density at radius 2 is 2.18 bits per heavy atom. The quantitative estimate of drug-likeness (QED) is 0.866. The number of nitrogens with one attached hydrogen (secondary N) is 1. The van der Waals surface area contributed by atoms with Crippen LogP contribution >= 0.6 is 0 Å². The number of alkyl carbamates (subject to hydrolysis) is 1. The van der Waals surface area contributed by atoms with E-state index in [0.717, 1.165) is 6.42 Å². The molecule has 7 heteroatoms. The number of piperidine rings is 1. The number of rotatable bonds is 2. The molecule has 2 heterocycles. The number of carbonyl (C=O) groups excluding carboxylic acids is 2. The largest absolute Gasteiger partial charge is 0.444 e. The highest BCUT2D eigenvalue weighted by atomic mass is 16.6. The van der Waals surface area contributed by atoms with Crippen molar-refractivity contribution in [3.05, 3.63) is 18.3 Å². The summed E-state index contributed by atoms with van der Waals surface area (Å²) in [5, 5.41) is 2.63. The fourth-order valence-electron chi connectivity index (χ4n) is 2.24. The lowest BCUT2D eigenvalue weighted by molar-refractivity contribution is -0.121. The number of nitrogens with two attached hydrogens (primary N) is 1. The van der Waals surface area contributed by atoms with Gasteiger partial charge in [0, 0.05) is 6.54 Å². The molecule has 1 unspecified atom stereocenters. The molecule has 1 aliphatic rings. The summed E-state index contributed by atoms with van der Waals surface area (Å²) in [6, 6.07) is 2.80. The number of hydrogen-bond acceptors (Lipinski definition) is 5. The summed E-state index contributed by atoms with van der Waals surface area (Å²) in [6.45, 7) is 5.90. The van der Waals surface area contributed by atoms with E-state index in [1.807, 2.05) is 0 Å². The fraction of sp³-hybridized carbons (Fsp3) is 0.533. The summed E-state index contributed by atoms with van der Waals surface area (Å²) in [7, 11) is 0. The van der Waals surface area contributed by atoms with Crippen molar-refractivity contribution in [1.82, 2.24) is 10.3 Å². The predicted molar refractivity (Wildman–Crippen MR) is 83.4 cm³/mol. The van der Waals surface area contributed by atoms with E-state index in [9.17, 15) is 9.59 Å². The average Bonchev–Trinajstić information content (AvgIpc) is 2.40. The van der Waals surface area contributed by atoms with Crippen LogP contribution in [-0.4, -0.2) is 35.2 Å². The van der Waals surface area contributed by atoms with E-state index in [1.165, 1.54) is 6.20 Å². The van der Waals surface area contributed by atoms with Crippen molar-refractivity contribution in [2.75, 3.05) is 17.2 Å². The number of nitrogen functional groups attached to an aromatic ring is 1. The molecule has 1 aliphatic heterocycles. The van der Waals surface area contributed by atoms with Crippen LogP contribution in [0.25, 0.3) is 0 Å². The van der Waals surface area contributed by atoms with Gasteiger partial charge in [0.2, 0.25) is 0 Å². The second-order valence-electron chi connectivity index (χ2n) is 6.28. The molecule has 0 bridgehead atoms. The Morgan fingerprint density at radius 3 is 2.77 bits per heavy atom. The second-order valence-corrected chi connectivity index (χ2v) is 6.28. The van der Waals surface area contributed by atoms with Crippen LogP contribution in [0.3, 0.4) is 0 Å². The number of nitrogens with zero attached hydrogens (tertiary/aromatic N) is 2. The summed E-state index contributed by atoms with van der Waals surface area (Å²) in [5.41, 5.74) is 5.54. The Morgan fingerprint density at radius 1 is 1.45 bits per heavy atom. The zero-order valence-corrected chi connectivity index (χ0v) is 13.1. The first-order chi connectivity index (χ1) is 10.3. The van der Waals surface area contributed by atoms with Gasteiger partial charge in [-0.05, 0) is 45.7 Å². The minimum Gasteiger partial charge on any atom is -0.444 e. The van der Waals surface area contributed by atoms with Crippen LogP contribution in [0.4, 0.5) is 16.3 Å². The van der Waals surface area contributed by atoms with Crippen molar-refractivity contribution in [3.63, 3.8) is 0 Å². The molecule has 1 fully saturated rings. The number of ether oxygens (including phenoxy) is 1. The number of amides is 2. The molecule has 0 aromatic carbocycles. The molecule has 0 radical (unpaired) electrons. The van der Waals surface area contributed by atoms with E-state index < -0.39 is 17.7 Å². The highest BCUT2D eigenvalue weighted by molar-refractivity contribution is 5.98. The summed E-state index contributed by atoms with van der Waals surface area (Å²) < 4.78 is 5.19. The van der Waals surface area contributed by atoms with Crippen LogP contribution < -0.4 is 16.0 Å².